The van der Waals surface area contributed by atoms with Crippen LogP contribution in [0, 0.1) is 0 Å². The van der Waals surface area contributed by atoms with E-state index in [0.717, 1.165) is 17.7 Å². The van der Waals surface area contributed by atoms with E-state index in [9.17, 15) is 27.9 Å². The van der Waals surface area contributed by atoms with Gasteiger partial charge in [-0.1, -0.05) is 42.5 Å². The molecule has 1 amide bonds. The number of Topliss-reactive ketones (excluding diaryl/α,β-unsaturated/α-hetero) is 1. The van der Waals surface area contributed by atoms with Gasteiger partial charge in [0.05, 0.1) is 18.7 Å². The van der Waals surface area contributed by atoms with Gasteiger partial charge in [-0.3, -0.25) is 14.5 Å². The summed E-state index contributed by atoms with van der Waals surface area (Å²) in [6.07, 6.45) is -4.42. The summed E-state index contributed by atoms with van der Waals surface area (Å²) in [7, 11) is 1.47. The number of hydrogen-bond donors (Lipinski definition) is 1. The zero-order valence-corrected chi connectivity index (χ0v) is 19.2. The Bertz CT molecular complexity index is 1290. The van der Waals surface area contributed by atoms with E-state index in [-0.39, 0.29) is 17.7 Å². The van der Waals surface area contributed by atoms with Crippen molar-refractivity contribution in [3.8, 4) is 11.5 Å². The second kappa shape index (κ2) is 10.2. The number of nitrogens with zero attached hydrogens (tertiary/aromatic N) is 1. The molecule has 0 saturated carbocycles. The van der Waals surface area contributed by atoms with Crippen molar-refractivity contribution < 1.29 is 37.3 Å². The molecule has 0 spiro atoms. The van der Waals surface area contributed by atoms with Crippen LogP contribution < -0.4 is 14.4 Å². The molecular weight excluding hydrogens is 475 g/mol. The molecule has 0 aliphatic carbocycles. The largest absolute Gasteiger partial charge is 0.573 e. The minimum absolute atomic E-state index is 0.0450. The molecule has 1 atom stereocenters. The first-order valence-electron chi connectivity index (χ1n) is 11.0. The lowest BCUT2D eigenvalue weighted by Gasteiger charge is -2.27. The summed E-state index contributed by atoms with van der Waals surface area (Å²) in [5.74, 6) is -1.95. The number of alkyl halides is 3. The molecule has 0 radical (unpaired) electrons. The number of anilines is 1. The number of aliphatic hydroxyl groups is 1. The average molecular weight is 497 g/mol. The lowest BCUT2D eigenvalue weighted by molar-refractivity contribution is -0.274. The highest BCUT2D eigenvalue weighted by atomic mass is 19.4. The van der Waals surface area contributed by atoms with Gasteiger partial charge in [-0.2, -0.15) is 0 Å². The predicted octanol–water partition coefficient (Wildman–Crippen LogP) is 5.70. The number of rotatable bonds is 8. The summed E-state index contributed by atoms with van der Waals surface area (Å²) in [4.78, 5) is 27.7. The van der Waals surface area contributed by atoms with Crippen LogP contribution >= 0.6 is 0 Å². The quantitative estimate of drug-likeness (QED) is 0.432. The van der Waals surface area contributed by atoms with Crippen LogP contribution in [0.25, 0.3) is 0 Å². The molecule has 6 nitrogen and oxygen atoms in total. The van der Waals surface area contributed by atoms with E-state index in [1.807, 2.05) is 30.3 Å². The highest BCUT2D eigenvalue weighted by Crippen LogP contribution is 2.42. The molecule has 186 valence electrons. The number of carbonyl (C=O) groups is 2. The number of benzene rings is 3. The lowest BCUT2D eigenvalue weighted by Crippen LogP contribution is -2.31. The number of carbonyl (C=O) groups excluding carboxylic acids is 2. The van der Waals surface area contributed by atoms with Gasteiger partial charge in [0.1, 0.15) is 11.5 Å². The molecule has 1 unspecified atom stereocenters. The monoisotopic (exact) mass is 497 g/mol. The highest BCUT2D eigenvalue weighted by molar-refractivity contribution is 6.16. The Morgan fingerprint density at radius 1 is 0.972 bits per heavy atom. The summed E-state index contributed by atoms with van der Waals surface area (Å²) in [5, 5.41) is 10.8. The molecule has 0 bridgehead atoms. The maximum Gasteiger partial charge on any atom is 0.573 e. The Morgan fingerprint density at radius 3 is 2.31 bits per heavy atom. The Kier molecular flexibility index (Phi) is 7.00. The topological polar surface area (TPSA) is 76.1 Å². The number of ketones is 1. The SMILES string of the molecule is COc1cccc(C2C(C(=O)CCc3ccccc3)=C(O)C(=O)N2c2ccc(OC(F)(F)F)cc2)c1. The van der Waals surface area contributed by atoms with Crippen molar-refractivity contribution in [2.75, 3.05) is 12.0 Å². The molecular formula is C27H22F3NO5. The molecule has 3 aromatic carbocycles. The van der Waals surface area contributed by atoms with Gasteiger partial charge in [0.15, 0.2) is 11.5 Å². The number of methoxy groups -OCH3 is 1. The van der Waals surface area contributed by atoms with Crippen LogP contribution in [0.1, 0.15) is 23.6 Å². The average Bonchev–Trinajstić information content (AvgIpc) is 3.13. The van der Waals surface area contributed by atoms with Crippen molar-refractivity contribution in [3.63, 3.8) is 0 Å². The number of amides is 1. The minimum atomic E-state index is -4.87. The first kappa shape index (κ1) is 24.8. The lowest BCUT2D eigenvalue weighted by atomic mass is 9.93. The molecule has 4 rings (SSSR count). The van der Waals surface area contributed by atoms with Crippen LogP contribution in [-0.2, 0) is 16.0 Å². The van der Waals surface area contributed by atoms with Crippen LogP contribution in [0.2, 0.25) is 0 Å². The molecule has 36 heavy (non-hydrogen) atoms. The van der Waals surface area contributed by atoms with E-state index in [0.29, 0.717) is 17.7 Å². The van der Waals surface area contributed by atoms with Crippen molar-refractivity contribution in [2.24, 2.45) is 0 Å². The van der Waals surface area contributed by atoms with E-state index < -0.39 is 35.6 Å². The molecule has 9 heteroatoms. The second-order valence-corrected chi connectivity index (χ2v) is 8.07. The van der Waals surface area contributed by atoms with Gasteiger partial charge in [-0.05, 0) is 53.9 Å². The minimum Gasteiger partial charge on any atom is -0.503 e. The Morgan fingerprint density at radius 2 is 1.67 bits per heavy atom. The van der Waals surface area contributed by atoms with Gasteiger partial charge < -0.3 is 14.6 Å². The fourth-order valence-corrected chi connectivity index (χ4v) is 4.13. The second-order valence-electron chi connectivity index (χ2n) is 8.07. The first-order chi connectivity index (χ1) is 17.2. The van der Waals surface area contributed by atoms with Crippen molar-refractivity contribution >= 4 is 17.4 Å². The van der Waals surface area contributed by atoms with Gasteiger partial charge >= 0.3 is 6.36 Å². The van der Waals surface area contributed by atoms with Crippen LogP contribution in [0.3, 0.4) is 0 Å². The first-order valence-corrected chi connectivity index (χ1v) is 11.0. The van der Waals surface area contributed by atoms with E-state index in [2.05, 4.69) is 4.74 Å². The fraction of sp³-hybridized carbons (Fsp3) is 0.185. The number of hydrogen-bond acceptors (Lipinski definition) is 5. The van der Waals surface area contributed by atoms with Gasteiger partial charge in [0.25, 0.3) is 5.91 Å². The summed E-state index contributed by atoms with van der Waals surface area (Å²) >= 11 is 0. The summed E-state index contributed by atoms with van der Waals surface area (Å²) < 4.78 is 46.9. The van der Waals surface area contributed by atoms with Crippen molar-refractivity contribution in [1.82, 2.24) is 0 Å². The van der Waals surface area contributed by atoms with Crippen LogP contribution in [-0.4, -0.2) is 30.3 Å². The fourth-order valence-electron chi connectivity index (χ4n) is 4.13. The smallest absolute Gasteiger partial charge is 0.503 e. The summed E-state index contributed by atoms with van der Waals surface area (Å²) in [5.41, 5.74) is 1.51. The van der Waals surface area contributed by atoms with Crippen molar-refractivity contribution in [2.45, 2.75) is 25.2 Å². The molecule has 0 saturated heterocycles. The normalized spacial score (nSPS) is 15.8. The van der Waals surface area contributed by atoms with Crippen LogP contribution in [0.5, 0.6) is 11.5 Å². The Hall–Kier alpha value is -4.27. The zero-order valence-electron chi connectivity index (χ0n) is 19.2. The third-order valence-electron chi connectivity index (χ3n) is 5.75. The zero-order chi connectivity index (χ0) is 25.9. The molecule has 0 fully saturated rings. The molecule has 0 aromatic heterocycles. The number of halogens is 3. The van der Waals surface area contributed by atoms with Gasteiger partial charge in [0, 0.05) is 12.1 Å². The van der Waals surface area contributed by atoms with E-state index in [4.69, 9.17) is 4.74 Å². The number of ether oxygens (including phenoxy) is 2. The maximum atomic E-state index is 13.3. The van der Waals surface area contributed by atoms with E-state index in [1.165, 1.54) is 24.1 Å². The van der Waals surface area contributed by atoms with E-state index >= 15 is 0 Å². The molecule has 1 aliphatic heterocycles. The van der Waals surface area contributed by atoms with Gasteiger partial charge in [-0.25, -0.2) is 0 Å². The Labute approximate surface area is 205 Å². The van der Waals surface area contributed by atoms with Gasteiger partial charge in [-0.15, -0.1) is 13.2 Å². The summed E-state index contributed by atoms with van der Waals surface area (Å²) in [6.45, 7) is 0. The third-order valence-corrected chi connectivity index (χ3v) is 5.75. The summed E-state index contributed by atoms with van der Waals surface area (Å²) in [6, 6.07) is 19.6. The van der Waals surface area contributed by atoms with Gasteiger partial charge in [0.2, 0.25) is 0 Å². The molecule has 1 heterocycles. The number of aryl methyl sites for hydroxylation is 1. The van der Waals surface area contributed by atoms with Crippen molar-refractivity contribution in [3.05, 3.63) is 101 Å². The van der Waals surface area contributed by atoms with Crippen LogP contribution in [0.15, 0.2) is 90.2 Å². The van der Waals surface area contributed by atoms with Crippen LogP contribution in [0.4, 0.5) is 18.9 Å². The third kappa shape index (κ3) is 5.35. The molecule has 1 N–H and O–H groups in total. The number of aliphatic hydroxyl groups excluding tert-OH is 1. The van der Waals surface area contributed by atoms with E-state index in [1.54, 1.807) is 24.3 Å². The standard InChI is InChI=1S/C27H22F3NO5/c1-35-21-9-5-8-18(16-21)24-23(22(32)15-10-17-6-3-2-4-7-17)25(33)26(34)31(24)19-11-13-20(14-12-19)36-27(28,29)30/h2-9,11-14,16,24,33H,10,15H2,1H3. The molecule has 1 aliphatic rings. The predicted molar refractivity (Wildman–Crippen MR) is 126 cm³/mol. The maximum absolute atomic E-state index is 13.3. The highest BCUT2D eigenvalue weighted by Gasteiger charge is 2.44. The molecule has 3 aromatic rings. The van der Waals surface area contributed by atoms with Crippen molar-refractivity contribution in [1.29, 1.82) is 0 Å². The Balaban J connectivity index is 1.71.